The van der Waals surface area contributed by atoms with E-state index in [1.807, 2.05) is 13.8 Å². The number of hydrogen-bond donors (Lipinski definition) is 2. The van der Waals surface area contributed by atoms with E-state index in [4.69, 9.17) is 5.73 Å². The molecule has 1 fully saturated rings. The molecule has 106 valence electrons. The first-order valence-corrected chi connectivity index (χ1v) is 6.74. The van der Waals surface area contributed by atoms with Gasteiger partial charge in [0.05, 0.1) is 17.5 Å². The summed E-state index contributed by atoms with van der Waals surface area (Å²) in [7, 11) is 1.73. The van der Waals surface area contributed by atoms with Crippen LogP contribution in [0.4, 0.5) is 5.69 Å². The van der Waals surface area contributed by atoms with Crippen LogP contribution >= 0.6 is 0 Å². The highest BCUT2D eigenvalue weighted by Crippen LogP contribution is 2.23. The van der Waals surface area contributed by atoms with Gasteiger partial charge in [0.25, 0.3) is 5.91 Å². The predicted octanol–water partition coefficient (Wildman–Crippen LogP) is 0.408. The number of hydrogen-bond acceptors (Lipinski definition) is 4. The Morgan fingerprint density at radius 3 is 2.79 bits per heavy atom. The maximum Gasteiger partial charge on any atom is 0.274 e. The molecule has 2 atom stereocenters. The van der Waals surface area contributed by atoms with E-state index in [9.17, 15) is 9.90 Å². The van der Waals surface area contributed by atoms with Crippen LogP contribution in [0.25, 0.3) is 0 Å². The number of aliphatic hydroxyl groups excluding tert-OH is 1. The number of aromatic nitrogens is 2. The van der Waals surface area contributed by atoms with Crippen LogP contribution in [0, 0.1) is 5.92 Å². The normalized spacial score (nSPS) is 23.7. The number of β-amino-alcohol motifs (C(OH)–C–C–N with tert-alkyl or cyclic N) is 1. The van der Waals surface area contributed by atoms with Gasteiger partial charge in [-0.2, -0.15) is 5.10 Å². The molecule has 2 rings (SSSR count). The van der Waals surface area contributed by atoms with Crippen LogP contribution in [0.3, 0.4) is 0 Å². The quantitative estimate of drug-likeness (QED) is 0.812. The number of aliphatic hydroxyl groups is 1. The molecule has 2 unspecified atom stereocenters. The summed E-state index contributed by atoms with van der Waals surface area (Å²) in [5.74, 6) is 0.0947. The lowest BCUT2D eigenvalue weighted by Gasteiger charge is -2.34. The minimum Gasteiger partial charge on any atom is -0.395 e. The minimum atomic E-state index is -0.460. The molecule has 6 heteroatoms. The van der Waals surface area contributed by atoms with Gasteiger partial charge in [0.1, 0.15) is 5.69 Å². The van der Waals surface area contributed by atoms with Crippen molar-refractivity contribution in [3.05, 3.63) is 11.4 Å². The molecule has 0 spiro atoms. The molecule has 0 saturated carbocycles. The first kappa shape index (κ1) is 13.9. The van der Waals surface area contributed by atoms with E-state index in [2.05, 4.69) is 5.10 Å². The molecule has 1 aliphatic heterocycles. The summed E-state index contributed by atoms with van der Waals surface area (Å²) in [5.41, 5.74) is 7.63. The molecule has 6 nitrogen and oxygen atoms in total. The lowest BCUT2D eigenvalue weighted by Crippen LogP contribution is -2.46. The summed E-state index contributed by atoms with van der Waals surface area (Å²) in [6.45, 7) is 4.98. The van der Waals surface area contributed by atoms with Crippen LogP contribution in [-0.2, 0) is 13.5 Å². The van der Waals surface area contributed by atoms with Crippen molar-refractivity contribution in [2.75, 3.05) is 18.8 Å². The number of amides is 1. The molecule has 0 bridgehead atoms. The average molecular weight is 266 g/mol. The predicted molar refractivity (Wildman–Crippen MR) is 72.7 cm³/mol. The standard InChI is InChI=1S/C13H22N4O2/c1-4-9-11(14)12(16(3)15-9)13(19)17-6-5-8(2)10(18)7-17/h8,10,18H,4-7,14H2,1-3H3. The lowest BCUT2D eigenvalue weighted by molar-refractivity contribution is 0.0243. The fourth-order valence-electron chi connectivity index (χ4n) is 2.49. The molecule has 19 heavy (non-hydrogen) atoms. The Balaban J connectivity index is 2.23. The maximum atomic E-state index is 12.5. The van der Waals surface area contributed by atoms with Gasteiger partial charge >= 0.3 is 0 Å². The topological polar surface area (TPSA) is 84.4 Å². The van der Waals surface area contributed by atoms with Crippen LogP contribution in [-0.4, -0.2) is 44.9 Å². The average Bonchev–Trinajstić information content (AvgIpc) is 2.67. The van der Waals surface area contributed by atoms with Crippen LogP contribution in [0.15, 0.2) is 0 Å². The number of carbonyl (C=O) groups is 1. The fourth-order valence-corrected chi connectivity index (χ4v) is 2.49. The minimum absolute atomic E-state index is 0.141. The molecule has 2 heterocycles. The molecule has 1 aromatic heterocycles. The number of nitrogens with zero attached hydrogens (tertiary/aromatic N) is 3. The molecular formula is C13H22N4O2. The highest BCUT2D eigenvalue weighted by molar-refractivity contribution is 5.98. The van der Waals surface area contributed by atoms with Crippen molar-refractivity contribution in [3.8, 4) is 0 Å². The number of nitrogen functional groups attached to an aromatic ring is 1. The van der Waals surface area contributed by atoms with Gasteiger partial charge in [0.2, 0.25) is 0 Å². The van der Waals surface area contributed by atoms with Crippen molar-refractivity contribution in [1.82, 2.24) is 14.7 Å². The Labute approximate surface area is 113 Å². The van der Waals surface area contributed by atoms with Crippen LogP contribution in [0.2, 0.25) is 0 Å². The molecule has 1 amide bonds. The van der Waals surface area contributed by atoms with Crippen LogP contribution in [0.1, 0.15) is 36.5 Å². The SMILES string of the molecule is CCc1nn(C)c(C(=O)N2CCC(C)C(O)C2)c1N. The Hall–Kier alpha value is -1.56. The highest BCUT2D eigenvalue weighted by atomic mass is 16.3. The van der Waals surface area contributed by atoms with Gasteiger partial charge in [0.15, 0.2) is 0 Å². The number of anilines is 1. The second-order valence-corrected chi connectivity index (χ2v) is 5.27. The van der Waals surface area contributed by atoms with Crippen molar-refractivity contribution in [1.29, 1.82) is 0 Å². The summed E-state index contributed by atoms with van der Waals surface area (Å²) in [4.78, 5) is 14.2. The van der Waals surface area contributed by atoms with Gasteiger partial charge in [-0.1, -0.05) is 13.8 Å². The molecule has 3 N–H and O–H groups in total. The van der Waals surface area contributed by atoms with Gasteiger partial charge in [-0.3, -0.25) is 9.48 Å². The highest BCUT2D eigenvalue weighted by Gasteiger charge is 2.30. The molecule has 0 aliphatic carbocycles. The van der Waals surface area contributed by atoms with E-state index in [1.54, 1.807) is 16.6 Å². The van der Waals surface area contributed by atoms with E-state index in [-0.39, 0.29) is 11.8 Å². The summed E-state index contributed by atoms with van der Waals surface area (Å²) in [6, 6.07) is 0. The summed E-state index contributed by atoms with van der Waals surface area (Å²) in [5, 5.41) is 14.1. The van der Waals surface area contributed by atoms with Gasteiger partial charge in [-0.15, -0.1) is 0 Å². The second kappa shape index (κ2) is 5.21. The Morgan fingerprint density at radius 1 is 1.58 bits per heavy atom. The number of aryl methyl sites for hydroxylation is 2. The number of likely N-dealkylation sites (tertiary alicyclic amines) is 1. The molecule has 1 saturated heterocycles. The van der Waals surface area contributed by atoms with Crippen molar-refractivity contribution < 1.29 is 9.90 Å². The third-order valence-electron chi connectivity index (χ3n) is 3.90. The third-order valence-corrected chi connectivity index (χ3v) is 3.90. The first-order valence-electron chi connectivity index (χ1n) is 6.74. The van der Waals surface area contributed by atoms with Gasteiger partial charge in [-0.25, -0.2) is 0 Å². The summed E-state index contributed by atoms with van der Waals surface area (Å²) >= 11 is 0. The van der Waals surface area contributed by atoms with E-state index < -0.39 is 6.10 Å². The van der Waals surface area contributed by atoms with Crippen molar-refractivity contribution in [3.63, 3.8) is 0 Å². The smallest absolute Gasteiger partial charge is 0.274 e. The van der Waals surface area contributed by atoms with E-state index >= 15 is 0 Å². The molecule has 1 aliphatic rings. The molecule has 0 radical (unpaired) electrons. The van der Waals surface area contributed by atoms with Crippen molar-refractivity contribution in [2.24, 2.45) is 13.0 Å². The van der Waals surface area contributed by atoms with Crippen LogP contribution in [0.5, 0.6) is 0 Å². The zero-order chi connectivity index (χ0) is 14.2. The summed E-state index contributed by atoms with van der Waals surface area (Å²) < 4.78 is 1.54. The van der Waals surface area contributed by atoms with E-state index in [0.29, 0.717) is 30.9 Å². The van der Waals surface area contributed by atoms with E-state index in [1.165, 1.54) is 0 Å². The zero-order valence-electron chi connectivity index (χ0n) is 11.8. The monoisotopic (exact) mass is 266 g/mol. The van der Waals surface area contributed by atoms with Gasteiger partial charge in [-0.05, 0) is 18.8 Å². The maximum absolute atomic E-state index is 12.5. The lowest BCUT2D eigenvalue weighted by atomic mass is 9.96. The van der Waals surface area contributed by atoms with E-state index in [0.717, 1.165) is 12.1 Å². The fraction of sp³-hybridized carbons (Fsp3) is 0.692. The van der Waals surface area contributed by atoms with Crippen LogP contribution < -0.4 is 5.73 Å². The Kier molecular flexibility index (Phi) is 3.80. The number of nitrogens with two attached hydrogens (primary N) is 1. The van der Waals surface area contributed by atoms with Gasteiger partial charge < -0.3 is 15.7 Å². The first-order chi connectivity index (χ1) is 8.95. The number of piperidine rings is 1. The number of rotatable bonds is 2. The van der Waals surface area contributed by atoms with Gasteiger partial charge in [0, 0.05) is 20.1 Å². The second-order valence-electron chi connectivity index (χ2n) is 5.27. The largest absolute Gasteiger partial charge is 0.395 e. The zero-order valence-corrected chi connectivity index (χ0v) is 11.8. The molecular weight excluding hydrogens is 244 g/mol. The van der Waals surface area contributed by atoms with Crippen molar-refractivity contribution >= 4 is 11.6 Å². The molecule has 0 aromatic carbocycles. The Bertz CT molecular complexity index is 483. The molecule has 1 aromatic rings. The third kappa shape index (κ3) is 2.45. The Morgan fingerprint density at radius 2 is 2.26 bits per heavy atom. The van der Waals surface area contributed by atoms with Crippen molar-refractivity contribution in [2.45, 2.75) is 32.8 Å². The number of carbonyl (C=O) groups excluding carboxylic acids is 1. The summed E-state index contributed by atoms with van der Waals surface area (Å²) in [6.07, 6.45) is 1.05.